The number of rotatable bonds is 9. The fourth-order valence-electron chi connectivity index (χ4n) is 3.67. The number of fused-ring (bicyclic) bond motifs is 2. The fourth-order valence-corrected chi connectivity index (χ4v) is 3.67. The van der Waals surface area contributed by atoms with Crippen LogP contribution in [0.2, 0.25) is 0 Å². The Balaban J connectivity index is 1.93. The highest BCUT2D eigenvalue weighted by Crippen LogP contribution is 2.30. The van der Waals surface area contributed by atoms with E-state index in [1.165, 1.54) is 0 Å². The van der Waals surface area contributed by atoms with Crippen LogP contribution in [-0.4, -0.2) is 62.0 Å². The first-order chi connectivity index (χ1) is 11.6. The molecule has 24 heavy (non-hydrogen) atoms. The Labute approximate surface area is 146 Å². The van der Waals surface area contributed by atoms with Gasteiger partial charge >= 0.3 is 0 Å². The summed E-state index contributed by atoms with van der Waals surface area (Å²) in [5.74, 6) is 0.502. The van der Waals surface area contributed by atoms with Crippen molar-refractivity contribution in [2.75, 3.05) is 33.0 Å². The second-order valence-electron chi connectivity index (χ2n) is 6.97. The minimum absolute atomic E-state index is 0.00392. The molecule has 2 bridgehead atoms. The van der Waals surface area contributed by atoms with Gasteiger partial charge in [-0.05, 0) is 33.6 Å². The van der Waals surface area contributed by atoms with Crippen LogP contribution < -0.4 is 0 Å². The van der Waals surface area contributed by atoms with Gasteiger partial charge in [-0.15, -0.1) is 0 Å². The van der Waals surface area contributed by atoms with E-state index in [0.29, 0.717) is 39.5 Å². The molecule has 0 aromatic rings. The summed E-state index contributed by atoms with van der Waals surface area (Å²) < 4.78 is 16.9. The molecular formula is C19H33NO4. The highest BCUT2D eigenvalue weighted by atomic mass is 16.5. The maximum absolute atomic E-state index is 12.7. The van der Waals surface area contributed by atoms with Gasteiger partial charge in [0.2, 0.25) is 5.91 Å². The maximum Gasteiger partial charge on any atom is 0.227 e. The van der Waals surface area contributed by atoms with Crippen molar-refractivity contribution in [2.24, 2.45) is 5.92 Å². The lowest BCUT2D eigenvalue weighted by Crippen LogP contribution is -2.49. The topological polar surface area (TPSA) is 48.0 Å². The van der Waals surface area contributed by atoms with Crippen LogP contribution in [0.5, 0.6) is 0 Å². The van der Waals surface area contributed by atoms with E-state index in [-0.39, 0.29) is 30.0 Å². The molecule has 2 aliphatic rings. The van der Waals surface area contributed by atoms with Crippen LogP contribution in [0, 0.1) is 5.92 Å². The molecule has 0 N–H and O–H groups in total. The Kier molecular flexibility index (Phi) is 7.72. The normalized spacial score (nSPS) is 26.5. The molecule has 2 rings (SSSR count). The van der Waals surface area contributed by atoms with Crippen molar-refractivity contribution < 1.29 is 19.0 Å². The molecule has 0 aromatic carbocycles. The summed E-state index contributed by atoms with van der Waals surface area (Å²) in [4.78, 5) is 14.8. The van der Waals surface area contributed by atoms with Crippen LogP contribution >= 0.6 is 0 Å². The standard InChI is InChI=1S/C19H33NO4/c1-5-22-11-15(4)18(24-6-2)9-14(3)10-19(21)20-16-7-8-17(20)13-23-12-16/h9,15-18H,5-8,10-13H2,1-4H3/b14-9+. The van der Waals surface area contributed by atoms with Crippen molar-refractivity contribution in [1.82, 2.24) is 4.90 Å². The Hall–Kier alpha value is -0.910. The van der Waals surface area contributed by atoms with Gasteiger partial charge in [0.1, 0.15) is 0 Å². The lowest BCUT2D eigenvalue weighted by molar-refractivity contribution is -0.140. The fraction of sp³-hybridized carbons (Fsp3) is 0.842. The van der Waals surface area contributed by atoms with E-state index in [4.69, 9.17) is 14.2 Å². The Morgan fingerprint density at radius 3 is 2.50 bits per heavy atom. The molecule has 0 spiro atoms. The SMILES string of the molecule is CCOCC(C)C(/C=C(\C)CC(=O)N1C2CCC1COC2)OCC. The van der Waals surface area contributed by atoms with Gasteiger partial charge in [-0.2, -0.15) is 0 Å². The number of carbonyl (C=O) groups is 1. The van der Waals surface area contributed by atoms with Crippen LogP contribution in [0.1, 0.15) is 47.0 Å². The summed E-state index contributed by atoms with van der Waals surface area (Å²) in [6.07, 6.45) is 4.72. The number of hydrogen-bond acceptors (Lipinski definition) is 4. The van der Waals surface area contributed by atoms with Gasteiger partial charge in [0.25, 0.3) is 0 Å². The molecule has 2 saturated heterocycles. The summed E-state index contributed by atoms with van der Waals surface area (Å²) >= 11 is 0. The van der Waals surface area contributed by atoms with E-state index in [1.807, 2.05) is 20.8 Å². The molecule has 0 aliphatic carbocycles. The number of carbonyl (C=O) groups excluding carboxylic acids is 1. The summed E-state index contributed by atoms with van der Waals surface area (Å²) in [5, 5.41) is 0. The Bertz CT molecular complexity index is 421. The van der Waals surface area contributed by atoms with Crippen LogP contribution in [0.15, 0.2) is 11.6 Å². The van der Waals surface area contributed by atoms with Crippen LogP contribution in [0.25, 0.3) is 0 Å². The number of nitrogens with zero attached hydrogens (tertiary/aromatic N) is 1. The second kappa shape index (κ2) is 9.54. The monoisotopic (exact) mass is 339 g/mol. The Morgan fingerprint density at radius 1 is 1.25 bits per heavy atom. The van der Waals surface area contributed by atoms with Gasteiger partial charge in [0.05, 0.1) is 38.0 Å². The van der Waals surface area contributed by atoms with Crippen molar-refractivity contribution >= 4 is 5.91 Å². The van der Waals surface area contributed by atoms with Gasteiger partial charge < -0.3 is 19.1 Å². The first kappa shape index (κ1) is 19.4. The second-order valence-corrected chi connectivity index (χ2v) is 6.97. The summed E-state index contributed by atoms with van der Waals surface area (Å²) in [7, 11) is 0. The van der Waals surface area contributed by atoms with Gasteiger partial charge in [-0.1, -0.05) is 18.6 Å². The lowest BCUT2D eigenvalue weighted by Gasteiger charge is -2.35. The van der Waals surface area contributed by atoms with Crippen molar-refractivity contribution in [2.45, 2.75) is 65.1 Å². The molecule has 138 valence electrons. The number of ether oxygens (including phenoxy) is 3. The van der Waals surface area contributed by atoms with Crippen molar-refractivity contribution in [3.8, 4) is 0 Å². The first-order valence-corrected chi connectivity index (χ1v) is 9.32. The smallest absolute Gasteiger partial charge is 0.227 e. The third-order valence-electron chi connectivity index (χ3n) is 4.91. The van der Waals surface area contributed by atoms with Crippen molar-refractivity contribution in [1.29, 1.82) is 0 Å². The number of amides is 1. The van der Waals surface area contributed by atoms with Crippen molar-refractivity contribution in [3.05, 3.63) is 11.6 Å². The molecule has 0 saturated carbocycles. The van der Waals surface area contributed by atoms with E-state index in [0.717, 1.165) is 18.4 Å². The van der Waals surface area contributed by atoms with Gasteiger partial charge in [-0.3, -0.25) is 4.79 Å². The van der Waals surface area contributed by atoms with E-state index in [1.54, 1.807) is 0 Å². The lowest BCUT2D eigenvalue weighted by atomic mass is 10.0. The highest BCUT2D eigenvalue weighted by molar-refractivity contribution is 5.79. The summed E-state index contributed by atoms with van der Waals surface area (Å²) in [5.41, 5.74) is 1.08. The van der Waals surface area contributed by atoms with E-state index < -0.39 is 0 Å². The van der Waals surface area contributed by atoms with Crippen molar-refractivity contribution in [3.63, 3.8) is 0 Å². The molecule has 4 atom stereocenters. The highest BCUT2D eigenvalue weighted by Gasteiger charge is 2.39. The summed E-state index contributed by atoms with van der Waals surface area (Å²) in [6, 6.07) is 0.562. The van der Waals surface area contributed by atoms with Gasteiger partial charge in [0.15, 0.2) is 0 Å². The molecule has 1 amide bonds. The zero-order valence-corrected chi connectivity index (χ0v) is 15.6. The molecule has 4 unspecified atom stereocenters. The van der Waals surface area contributed by atoms with E-state index in [2.05, 4.69) is 17.9 Å². The average molecular weight is 339 g/mol. The number of hydrogen-bond donors (Lipinski definition) is 0. The maximum atomic E-state index is 12.7. The minimum atomic E-state index is -0.00392. The molecule has 2 fully saturated rings. The predicted octanol–water partition coefficient (Wildman–Crippen LogP) is 2.79. The van der Waals surface area contributed by atoms with Crippen LogP contribution in [0.3, 0.4) is 0 Å². The molecular weight excluding hydrogens is 306 g/mol. The molecule has 0 aromatic heterocycles. The molecule has 2 aliphatic heterocycles. The average Bonchev–Trinajstić information content (AvgIpc) is 2.81. The van der Waals surface area contributed by atoms with Crippen LogP contribution in [-0.2, 0) is 19.0 Å². The molecule has 2 heterocycles. The third kappa shape index (κ3) is 5.04. The molecule has 0 radical (unpaired) electrons. The van der Waals surface area contributed by atoms with E-state index >= 15 is 0 Å². The zero-order valence-electron chi connectivity index (χ0n) is 15.6. The Morgan fingerprint density at radius 2 is 1.92 bits per heavy atom. The minimum Gasteiger partial charge on any atom is -0.381 e. The number of morpholine rings is 1. The first-order valence-electron chi connectivity index (χ1n) is 9.32. The molecule has 5 heteroatoms. The summed E-state index contributed by atoms with van der Waals surface area (Å²) in [6.45, 7) is 11.6. The molecule has 5 nitrogen and oxygen atoms in total. The van der Waals surface area contributed by atoms with Gasteiger partial charge in [-0.25, -0.2) is 0 Å². The zero-order chi connectivity index (χ0) is 17.5. The quantitative estimate of drug-likeness (QED) is 0.606. The van der Waals surface area contributed by atoms with Crippen LogP contribution in [0.4, 0.5) is 0 Å². The van der Waals surface area contributed by atoms with E-state index in [9.17, 15) is 4.79 Å². The third-order valence-corrected chi connectivity index (χ3v) is 4.91. The predicted molar refractivity (Wildman–Crippen MR) is 93.9 cm³/mol. The largest absolute Gasteiger partial charge is 0.381 e. The van der Waals surface area contributed by atoms with Gasteiger partial charge in [0, 0.05) is 25.6 Å².